The molecule has 2 aliphatic heterocycles. The van der Waals surface area contributed by atoms with Gasteiger partial charge < -0.3 is 10.6 Å². The minimum absolute atomic E-state index is 0.389. The van der Waals surface area contributed by atoms with Crippen LogP contribution in [0.1, 0.15) is 0 Å². The first kappa shape index (κ1) is 10.6. The molecule has 2 heterocycles. The van der Waals surface area contributed by atoms with E-state index in [9.17, 15) is 0 Å². The van der Waals surface area contributed by atoms with Crippen LogP contribution in [0, 0.1) is 0 Å². The SMILES string of the molecule is c1ccc2c(c1)N[C@@H]([C@@H]1Nc3ccccc3S1)S2. The Bertz CT molecular complexity index is 496. The Morgan fingerprint density at radius 2 is 1.11 bits per heavy atom. The van der Waals surface area contributed by atoms with Gasteiger partial charge in [0.05, 0.1) is 0 Å². The Hall–Kier alpha value is -1.26. The largest absolute Gasteiger partial charge is 0.370 e. The van der Waals surface area contributed by atoms with E-state index in [4.69, 9.17) is 0 Å². The number of nitrogens with one attached hydrogen (secondary N) is 2. The quantitative estimate of drug-likeness (QED) is 0.817. The van der Waals surface area contributed by atoms with Crippen LogP contribution in [0.25, 0.3) is 0 Å². The minimum atomic E-state index is 0.389. The van der Waals surface area contributed by atoms with Crippen molar-refractivity contribution < 1.29 is 0 Å². The van der Waals surface area contributed by atoms with Crippen LogP contribution < -0.4 is 10.6 Å². The van der Waals surface area contributed by atoms with Gasteiger partial charge >= 0.3 is 0 Å². The van der Waals surface area contributed by atoms with Gasteiger partial charge in [0.15, 0.2) is 0 Å². The first-order valence-corrected chi connectivity index (χ1v) is 7.70. The van der Waals surface area contributed by atoms with Crippen LogP contribution in [-0.2, 0) is 0 Å². The highest BCUT2D eigenvalue weighted by Gasteiger charge is 2.33. The maximum atomic E-state index is 3.59. The van der Waals surface area contributed by atoms with E-state index >= 15 is 0 Å². The molecule has 0 aromatic heterocycles. The predicted octanol–water partition coefficient (Wildman–Crippen LogP) is 4.07. The summed E-state index contributed by atoms with van der Waals surface area (Å²) >= 11 is 3.82. The molecule has 0 bridgehead atoms. The van der Waals surface area contributed by atoms with Crippen LogP contribution in [0.2, 0.25) is 0 Å². The highest BCUT2D eigenvalue weighted by atomic mass is 32.2. The van der Waals surface area contributed by atoms with Crippen molar-refractivity contribution in [3.05, 3.63) is 48.5 Å². The molecule has 2 nitrogen and oxygen atoms in total. The molecule has 90 valence electrons. The van der Waals surface area contributed by atoms with Gasteiger partial charge in [0, 0.05) is 21.2 Å². The third kappa shape index (κ3) is 1.68. The Morgan fingerprint density at radius 1 is 0.667 bits per heavy atom. The summed E-state index contributed by atoms with van der Waals surface area (Å²) in [5.41, 5.74) is 2.51. The Labute approximate surface area is 115 Å². The molecule has 4 rings (SSSR count). The fraction of sp³-hybridized carbons (Fsp3) is 0.143. The molecule has 0 radical (unpaired) electrons. The lowest BCUT2D eigenvalue weighted by Gasteiger charge is -2.18. The number of thioether (sulfide) groups is 2. The fourth-order valence-electron chi connectivity index (χ4n) is 2.29. The summed E-state index contributed by atoms with van der Waals surface area (Å²) in [6, 6.07) is 17.0. The number of para-hydroxylation sites is 2. The highest BCUT2D eigenvalue weighted by molar-refractivity contribution is 8.04. The van der Waals surface area contributed by atoms with Crippen LogP contribution in [-0.4, -0.2) is 10.7 Å². The summed E-state index contributed by atoms with van der Waals surface area (Å²) in [6.07, 6.45) is 0. The summed E-state index contributed by atoms with van der Waals surface area (Å²) < 4.78 is 0. The van der Waals surface area contributed by atoms with Crippen molar-refractivity contribution in [2.45, 2.75) is 20.5 Å². The van der Waals surface area contributed by atoms with E-state index in [1.165, 1.54) is 21.2 Å². The number of benzene rings is 2. The number of hydrogen-bond acceptors (Lipinski definition) is 4. The molecule has 0 aliphatic carbocycles. The standard InChI is InChI=1S/C14H12N2S2/c1-3-7-11-9(5-1)15-13(17-11)14-16-10-6-2-4-8-12(10)18-14/h1-8,13-16H/t13-,14-/m1/s1. The lowest BCUT2D eigenvalue weighted by molar-refractivity contribution is 0.978. The van der Waals surface area contributed by atoms with Crippen molar-refractivity contribution in [1.82, 2.24) is 0 Å². The molecule has 18 heavy (non-hydrogen) atoms. The van der Waals surface area contributed by atoms with Crippen LogP contribution in [0.3, 0.4) is 0 Å². The van der Waals surface area contributed by atoms with E-state index in [0.717, 1.165) is 0 Å². The van der Waals surface area contributed by atoms with Gasteiger partial charge in [-0.1, -0.05) is 47.8 Å². The molecular formula is C14H12N2S2. The summed E-state index contributed by atoms with van der Waals surface area (Å²) in [4.78, 5) is 2.70. The summed E-state index contributed by atoms with van der Waals surface area (Å²) in [6.45, 7) is 0. The molecule has 2 aromatic rings. The lowest BCUT2D eigenvalue weighted by atomic mass is 10.3. The second kappa shape index (κ2) is 4.14. The third-order valence-corrected chi connectivity index (χ3v) is 5.83. The van der Waals surface area contributed by atoms with Crippen LogP contribution in [0.4, 0.5) is 11.4 Å². The van der Waals surface area contributed by atoms with Gasteiger partial charge in [0.2, 0.25) is 0 Å². The number of rotatable bonds is 1. The molecule has 0 saturated carbocycles. The average Bonchev–Trinajstić information content (AvgIpc) is 3.02. The Balaban J connectivity index is 1.56. The van der Waals surface area contributed by atoms with Crippen LogP contribution in [0.15, 0.2) is 58.3 Å². The molecule has 4 heteroatoms. The van der Waals surface area contributed by atoms with Crippen molar-refractivity contribution in [2.24, 2.45) is 0 Å². The zero-order chi connectivity index (χ0) is 11.9. The average molecular weight is 272 g/mol. The topological polar surface area (TPSA) is 24.1 Å². The zero-order valence-corrected chi connectivity index (χ0v) is 11.2. The second-order valence-corrected chi connectivity index (χ2v) is 6.72. The van der Waals surface area contributed by atoms with Crippen molar-refractivity contribution in [3.63, 3.8) is 0 Å². The van der Waals surface area contributed by atoms with E-state index in [0.29, 0.717) is 10.7 Å². The van der Waals surface area contributed by atoms with Gasteiger partial charge in [0.1, 0.15) is 10.7 Å². The Kier molecular flexibility index (Phi) is 2.45. The van der Waals surface area contributed by atoms with Crippen molar-refractivity contribution in [3.8, 4) is 0 Å². The third-order valence-electron chi connectivity index (χ3n) is 3.15. The molecule has 0 fully saturated rings. The van der Waals surface area contributed by atoms with Gasteiger partial charge in [-0.15, -0.1) is 0 Å². The lowest BCUT2D eigenvalue weighted by Crippen LogP contribution is -2.29. The van der Waals surface area contributed by atoms with E-state index < -0.39 is 0 Å². The molecule has 2 atom stereocenters. The van der Waals surface area contributed by atoms with Crippen LogP contribution >= 0.6 is 23.5 Å². The smallest absolute Gasteiger partial charge is 0.107 e. The second-order valence-electron chi connectivity index (χ2n) is 4.36. The molecule has 2 N–H and O–H groups in total. The van der Waals surface area contributed by atoms with E-state index in [1.807, 2.05) is 23.5 Å². The number of anilines is 2. The van der Waals surface area contributed by atoms with E-state index in [-0.39, 0.29) is 0 Å². The summed E-state index contributed by atoms with van der Waals surface area (Å²) in [5, 5.41) is 7.96. The molecule has 0 saturated heterocycles. The van der Waals surface area contributed by atoms with Gasteiger partial charge in [-0.05, 0) is 24.3 Å². The van der Waals surface area contributed by atoms with Crippen molar-refractivity contribution in [1.29, 1.82) is 0 Å². The molecule has 0 amide bonds. The number of hydrogen-bond donors (Lipinski definition) is 2. The highest BCUT2D eigenvalue weighted by Crippen LogP contribution is 2.47. The van der Waals surface area contributed by atoms with Gasteiger partial charge in [-0.2, -0.15) is 0 Å². The summed E-state index contributed by atoms with van der Waals surface area (Å²) in [5.74, 6) is 0. The molecule has 0 unspecified atom stereocenters. The van der Waals surface area contributed by atoms with Gasteiger partial charge in [-0.3, -0.25) is 0 Å². The van der Waals surface area contributed by atoms with E-state index in [1.54, 1.807) is 0 Å². The number of fused-ring (bicyclic) bond motifs is 2. The summed E-state index contributed by atoms with van der Waals surface area (Å²) in [7, 11) is 0. The zero-order valence-electron chi connectivity index (χ0n) is 9.59. The predicted molar refractivity (Wildman–Crippen MR) is 79.4 cm³/mol. The monoisotopic (exact) mass is 272 g/mol. The first-order chi connectivity index (χ1) is 8.90. The van der Waals surface area contributed by atoms with Crippen LogP contribution in [0.5, 0.6) is 0 Å². The molecular weight excluding hydrogens is 260 g/mol. The molecule has 0 spiro atoms. The molecule has 2 aliphatic rings. The Morgan fingerprint density at radius 3 is 1.56 bits per heavy atom. The normalized spacial score (nSPS) is 24.0. The van der Waals surface area contributed by atoms with Gasteiger partial charge in [-0.25, -0.2) is 0 Å². The molecule has 2 aromatic carbocycles. The van der Waals surface area contributed by atoms with Crippen molar-refractivity contribution >= 4 is 34.9 Å². The first-order valence-electron chi connectivity index (χ1n) is 5.95. The van der Waals surface area contributed by atoms with E-state index in [2.05, 4.69) is 59.2 Å². The van der Waals surface area contributed by atoms with Crippen molar-refractivity contribution in [2.75, 3.05) is 10.6 Å². The minimum Gasteiger partial charge on any atom is -0.370 e. The fourth-order valence-corrected chi connectivity index (χ4v) is 4.75. The van der Waals surface area contributed by atoms with Gasteiger partial charge in [0.25, 0.3) is 0 Å². The maximum Gasteiger partial charge on any atom is 0.107 e. The maximum absolute atomic E-state index is 3.59.